The van der Waals surface area contributed by atoms with Crippen LogP contribution in [0.2, 0.25) is 0 Å². The lowest BCUT2D eigenvalue weighted by Crippen LogP contribution is -2.41. The monoisotopic (exact) mass is 355 g/mol. The number of nitrogens with zero attached hydrogens (tertiary/aromatic N) is 2. The van der Waals surface area contributed by atoms with E-state index in [1.165, 1.54) is 16.8 Å². The van der Waals surface area contributed by atoms with Crippen molar-refractivity contribution in [2.24, 2.45) is 7.05 Å². The fourth-order valence-corrected chi connectivity index (χ4v) is 2.77. The fourth-order valence-electron chi connectivity index (χ4n) is 2.77. The molecule has 3 rings (SSSR count). The maximum absolute atomic E-state index is 12.7. The Morgan fingerprint density at radius 2 is 1.73 bits per heavy atom. The van der Waals surface area contributed by atoms with Crippen molar-refractivity contribution in [3.05, 3.63) is 63.6 Å². The average Bonchev–Trinajstić information content (AvgIpc) is 2.65. The van der Waals surface area contributed by atoms with Gasteiger partial charge in [0.25, 0.3) is 17.4 Å². The van der Waals surface area contributed by atoms with E-state index >= 15 is 0 Å². The molecule has 136 valence electrons. The van der Waals surface area contributed by atoms with Crippen molar-refractivity contribution in [3.63, 3.8) is 0 Å². The number of benzene rings is 1. The summed E-state index contributed by atoms with van der Waals surface area (Å²) in [5.41, 5.74) is 1.55. The van der Waals surface area contributed by atoms with E-state index in [0.717, 1.165) is 5.56 Å². The van der Waals surface area contributed by atoms with Gasteiger partial charge in [0.15, 0.2) is 0 Å². The van der Waals surface area contributed by atoms with Gasteiger partial charge in [0.2, 0.25) is 0 Å². The van der Waals surface area contributed by atoms with E-state index in [-0.39, 0.29) is 17.2 Å². The molecule has 1 aliphatic rings. The van der Waals surface area contributed by atoms with E-state index in [9.17, 15) is 14.4 Å². The van der Waals surface area contributed by atoms with Crippen molar-refractivity contribution >= 4 is 17.5 Å². The van der Waals surface area contributed by atoms with E-state index < -0.39 is 5.91 Å². The minimum atomic E-state index is -0.391. The van der Waals surface area contributed by atoms with Crippen LogP contribution in [0.15, 0.2) is 41.3 Å². The predicted octanol–water partition coefficient (Wildman–Crippen LogP) is 1.42. The first-order valence-corrected chi connectivity index (χ1v) is 8.41. The van der Waals surface area contributed by atoms with E-state index in [1.807, 2.05) is 19.1 Å². The second kappa shape index (κ2) is 7.53. The molecule has 2 heterocycles. The van der Waals surface area contributed by atoms with Gasteiger partial charge in [0.1, 0.15) is 5.69 Å². The number of aryl methyl sites for hydroxylation is 2. The number of pyridine rings is 1. The minimum absolute atomic E-state index is 0.0807. The molecule has 0 saturated carbocycles. The van der Waals surface area contributed by atoms with Crippen molar-refractivity contribution in [3.8, 4) is 0 Å². The van der Waals surface area contributed by atoms with Gasteiger partial charge in [0.05, 0.1) is 18.8 Å². The third-order valence-electron chi connectivity index (χ3n) is 4.29. The van der Waals surface area contributed by atoms with Gasteiger partial charge in [-0.25, -0.2) is 0 Å². The van der Waals surface area contributed by atoms with E-state index in [4.69, 9.17) is 4.74 Å². The van der Waals surface area contributed by atoms with Crippen molar-refractivity contribution in [1.82, 2.24) is 9.47 Å². The molecule has 0 atom stereocenters. The van der Waals surface area contributed by atoms with Crippen LogP contribution >= 0.6 is 0 Å². The zero-order chi connectivity index (χ0) is 18.7. The summed E-state index contributed by atoms with van der Waals surface area (Å²) in [7, 11) is 1.56. The van der Waals surface area contributed by atoms with Gasteiger partial charge in [-0.1, -0.05) is 17.7 Å². The number of rotatable bonds is 3. The summed E-state index contributed by atoms with van der Waals surface area (Å²) in [5.74, 6) is -0.576. The van der Waals surface area contributed by atoms with Crippen LogP contribution in [-0.2, 0) is 11.8 Å². The number of ether oxygens (including phenoxy) is 1. The fraction of sp³-hybridized carbons (Fsp3) is 0.316. The summed E-state index contributed by atoms with van der Waals surface area (Å²) < 4.78 is 6.56. The Hall–Kier alpha value is -2.93. The van der Waals surface area contributed by atoms with Crippen molar-refractivity contribution in [2.75, 3.05) is 31.6 Å². The molecule has 26 heavy (non-hydrogen) atoms. The lowest BCUT2D eigenvalue weighted by molar-refractivity contribution is 0.0302. The molecule has 0 spiro atoms. The molecule has 1 fully saturated rings. The smallest absolute Gasteiger partial charge is 0.274 e. The Morgan fingerprint density at radius 1 is 1.08 bits per heavy atom. The molecular formula is C19H21N3O4. The standard InChI is InChI=1S/C19H21N3O4/c1-13-3-5-14(6-4-13)17(23)20-16-11-15(12-21(2)19(16)25)18(24)22-7-9-26-10-8-22/h3-6,11-12H,7-10H2,1-2H3,(H,20,23). The Balaban J connectivity index is 1.86. The normalized spacial score (nSPS) is 14.2. The molecular weight excluding hydrogens is 334 g/mol. The number of carbonyl (C=O) groups is 2. The van der Waals surface area contributed by atoms with Gasteiger partial charge >= 0.3 is 0 Å². The van der Waals surface area contributed by atoms with Crippen molar-refractivity contribution < 1.29 is 14.3 Å². The largest absolute Gasteiger partial charge is 0.378 e. The Labute approximate surface area is 151 Å². The molecule has 7 heteroatoms. The topological polar surface area (TPSA) is 80.6 Å². The molecule has 1 aromatic carbocycles. The lowest BCUT2D eigenvalue weighted by atomic mass is 10.1. The van der Waals surface area contributed by atoms with Gasteiger partial charge in [-0.15, -0.1) is 0 Å². The second-order valence-electron chi connectivity index (χ2n) is 6.28. The molecule has 0 radical (unpaired) electrons. The summed E-state index contributed by atoms with van der Waals surface area (Å²) in [6.07, 6.45) is 1.49. The molecule has 0 aliphatic carbocycles. The maximum Gasteiger partial charge on any atom is 0.274 e. The van der Waals surface area contributed by atoms with Crippen molar-refractivity contribution in [2.45, 2.75) is 6.92 Å². The highest BCUT2D eigenvalue weighted by molar-refractivity contribution is 6.05. The third-order valence-corrected chi connectivity index (χ3v) is 4.29. The number of anilines is 1. The van der Waals surface area contributed by atoms with Gasteiger partial charge in [-0.2, -0.15) is 0 Å². The highest BCUT2D eigenvalue weighted by atomic mass is 16.5. The number of aromatic nitrogens is 1. The Bertz CT molecular complexity index is 881. The van der Waals surface area contributed by atoms with E-state index in [2.05, 4.69) is 5.32 Å². The average molecular weight is 355 g/mol. The molecule has 1 aliphatic heterocycles. The van der Waals surface area contributed by atoms with Crippen LogP contribution in [0.25, 0.3) is 0 Å². The third kappa shape index (κ3) is 3.83. The summed E-state index contributed by atoms with van der Waals surface area (Å²) in [4.78, 5) is 39.1. The van der Waals surface area contributed by atoms with Crippen LogP contribution in [-0.4, -0.2) is 47.6 Å². The number of carbonyl (C=O) groups excluding carboxylic acids is 2. The quantitative estimate of drug-likeness (QED) is 0.903. The van der Waals surface area contributed by atoms with Crippen LogP contribution in [0.3, 0.4) is 0 Å². The summed E-state index contributed by atoms with van der Waals surface area (Å²) in [5, 5.41) is 2.62. The van der Waals surface area contributed by atoms with E-state index in [0.29, 0.717) is 37.4 Å². The number of nitrogens with one attached hydrogen (secondary N) is 1. The summed E-state index contributed by atoms with van der Waals surface area (Å²) >= 11 is 0. The van der Waals surface area contributed by atoms with Gasteiger partial charge in [-0.3, -0.25) is 14.4 Å². The Morgan fingerprint density at radius 3 is 2.38 bits per heavy atom. The highest BCUT2D eigenvalue weighted by Crippen LogP contribution is 2.12. The van der Waals surface area contributed by atoms with Crippen LogP contribution < -0.4 is 10.9 Å². The molecule has 1 aromatic heterocycles. The molecule has 1 saturated heterocycles. The zero-order valence-electron chi connectivity index (χ0n) is 14.8. The van der Waals surface area contributed by atoms with Crippen molar-refractivity contribution in [1.29, 1.82) is 0 Å². The molecule has 7 nitrogen and oxygen atoms in total. The number of hydrogen-bond donors (Lipinski definition) is 1. The van der Waals surface area contributed by atoms with Crippen LogP contribution in [0.4, 0.5) is 5.69 Å². The summed E-state index contributed by atoms with van der Waals surface area (Å²) in [6.45, 7) is 3.93. The SMILES string of the molecule is Cc1ccc(C(=O)Nc2cc(C(=O)N3CCOCC3)cn(C)c2=O)cc1. The molecule has 2 amide bonds. The zero-order valence-corrected chi connectivity index (χ0v) is 14.8. The van der Waals surface area contributed by atoms with Crippen LogP contribution in [0.1, 0.15) is 26.3 Å². The maximum atomic E-state index is 12.7. The first kappa shape index (κ1) is 17.9. The van der Waals surface area contributed by atoms with E-state index in [1.54, 1.807) is 24.1 Å². The predicted molar refractivity (Wildman–Crippen MR) is 97.5 cm³/mol. The van der Waals surface area contributed by atoms with Crippen LogP contribution in [0.5, 0.6) is 0 Å². The first-order chi connectivity index (χ1) is 12.5. The second-order valence-corrected chi connectivity index (χ2v) is 6.28. The summed E-state index contributed by atoms with van der Waals surface area (Å²) in [6, 6.07) is 8.47. The molecule has 1 N–H and O–H groups in total. The minimum Gasteiger partial charge on any atom is -0.378 e. The molecule has 0 unspecified atom stereocenters. The number of hydrogen-bond acceptors (Lipinski definition) is 4. The van der Waals surface area contributed by atoms with Gasteiger partial charge in [-0.05, 0) is 25.1 Å². The van der Waals surface area contributed by atoms with Gasteiger partial charge < -0.3 is 19.5 Å². The number of amides is 2. The Kier molecular flexibility index (Phi) is 5.18. The molecule has 2 aromatic rings. The number of morpholine rings is 1. The first-order valence-electron chi connectivity index (χ1n) is 8.41. The highest BCUT2D eigenvalue weighted by Gasteiger charge is 2.21. The van der Waals surface area contributed by atoms with Crippen LogP contribution in [0, 0.1) is 6.92 Å². The lowest BCUT2D eigenvalue weighted by Gasteiger charge is -2.27. The molecule has 0 bridgehead atoms. The van der Waals surface area contributed by atoms with Gasteiger partial charge in [0, 0.05) is 31.9 Å².